The van der Waals surface area contributed by atoms with Crippen molar-refractivity contribution in [3.05, 3.63) is 70.6 Å². The Balaban J connectivity index is 1.98. The monoisotopic (exact) mass is 378 g/mol. The SMILES string of the molecule is CC(C)N(CCC(N)=O)C(=O)c1cccc(-c2cc3ccccc3oc2=O)c1. The highest BCUT2D eigenvalue weighted by Gasteiger charge is 2.20. The van der Waals surface area contributed by atoms with Crippen molar-refractivity contribution in [1.29, 1.82) is 0 Å². The quantitative estimate of drug-likeness (QED) is 0.667. The number of rotatable bonds is 6. The number of hydrogen-bond acceptors (Lipinski definition) is 4. The summed E-state index contributed by atoms with van der Waals surface area (Å²) in [6.07, 6.45) is 0.0951. The van der Waals surface area contributed by atoms with Crippen LogP contribution in [0, 0.1) is 0 Å². The van der Waals surface area contributed by atoms with Gasteiger partial charge < -0.3 is 15.1 Å². The third-order valence-corrected chi connectivity index (χ3v) is 4.55. The topological polar surface area (TPSA) is 93.6 Å². The van der Waals surface area contributed by atoms with Crippen molar-refractivity contribution in [2.24, 2.45) is 5.73 Å². The van der Waals surface area contributed by atoms with E-state index in [0.29, 0.717) is 22.3 Å². The lowest BCUT2D eigenvalue weighted by Crippen LogP contribution is -2.39. The zero-order valence-corrected chi connectivity index (χ0v) is 15.8. The van der Waals surface area contributed by atoms with Gasteiger partial charge in [0.25, 0.3) is 5.91 Å². The Morgan fingerprint density at radius 2 is 1.82 bits per heavy atom. The molecule has 6 heteroatoms. The fraction of sp³-hybridized carbons (Fsp3) is 0.227. The first-order chi connectivity index (χ1) is 13.4. The molecule has 6 nitrogen and oxygen atoms in total. The second-order valence-electron chi connectivity index (χ2n) is 6.87. The van der Waals surface area contributed by atoms with Crippen molar-refractivity contribution < 1.29 is 14.0 Å². The minimum Gasteiger partial charge on any atom is -0.422 e. The van der Waals surface area contributed by atoms with Gasteiger partial charge in [0.1, 0.15) is 5.58 Å². The summed E-state index contributed by atoms with van der Waals surface area (Å²) in [7, 11) is 0. The Kier molecular flexibility index (Phi) is 5.59. The van der Waals surface area contributed by atoms with Gasteiger partial charge >= 0.3 is 5.63 Å². The van der Waals surface area contributed by atoms with E-state index in [4.69, 9.17) is 10.2 Å². The Hall–Kier alpha value is -3.41. The first kappa shape index (κ1) is 19.4. The van der Waals surface area contributed by atoms with Crippen molar-refractivity contribution >= 4 is 22.8 Å². The van der Waals surface area contributed by atoms with E-state index >= 15 is 0 Å². The molecule has 0 aliphatic heterocycles. The van der Waals surface area contributed by atoms with Crippen molar-refractivity contribution in [1.82, 2.24) is 4.90 Å². The fourth-order valence-corrected chi connectivity index (χ4v) is 3.07. The molecular weight excluding hydrogens is 356 g/mol. The molecule has 1 heterocycles. The minimum absolute atomic E-state index is 0.0951. The van der Waals surface area contributed by atoms with Crippen LogP contribution in [0.15, 0.2) is 63.8 Å². The summed E-state index contributed by atoms with van der Waals surface area (Å²) in [6.45, 7) is 4.00. The number of nitrogens with two attached hydrogens (primary N) is 1. The molecule has 3 aromatic rings. The summed E-state index contributed by atoms with van der Waals surface area (Å²) in [5, 5.41) is 0.805. The van der Waals surface area contributed by atoms with Gasteiger partial charge in [-0.15, -0.1) is 0 Å². The summed E-state index contributed by atoms with van der Waals surface area (Å²) >= 11 is 0. The standard InChI is InChI=1S/C22H22N2O4/c1-14(2)24(11-10-20(23)25)21(26)17-8-5-7-15(12-17)18-13-16-6-3-4-9-19(16)28-22(18)27/h3-9,12-14H,10-11H2,1-2H3,(H2,23,25). The number of nitrogens with zero attached hydrogens (tertiary/aromatic N) is 1. The van der Waals surface area contributed by atoms with Crippen LogP contribution in [0.4, 0.5) is 0 Å². The van der Waals surface area contributed by atoms with Gasteiger partial charge in [0.2, 0.25) is 5.91 Å². The molecule has 0 saturated carbocycles. The number of carbonyl (C=O) groups is 2. The molecule has 0 unspecified atom stereocenters. The number of carbonyl (C=O) groups excluding carboxylic acids is 2. The Morgan fingerprint density at radius 1 is 1.07 bits per heavy atom. The average molecular weight is 378 g/mol. The molecule has 0 aliphatic carbocycles. The first-order valence-corrected chi connectivity index (χ1v) is 9.09. The summed E-state index contributed by atoms with van der Waals surface area (Å²) in [5.41, 5.74) is 6.70. The molecule has 2 amide bonds. The average Bonchev–Trinajstić information content (AvgIpc) is 2.67. The number of primary amides is 1. The molecule has 0 spiro atoms. The molecule has 0 bridgehead atoms. The number of fused-ring (bicyclic) bond motifs is 1. The molecule has 2 aromatic carbocycles. The summed E-state index contributed by atoms with van der Waals surface area (Å²) in [4.78, 5) is 38.1. The van der Waals surface area contributed by atoms with Crippen LogP contribution in [0.25, 0.3) is 22.1 Å². The third-order valence-electron chi connectivity index (χ3n) is 4.55. The van der Waals surface area contributed by atoms with Gasteiger partial charge in [-0.3, -0.25) is 9.59 Å². The van der Waals surface area contributed by atoms with Crippen molar-refractivity contribution in [2.45, 2.75) is 26.3 Å². The van der Waals surface area contributed by atoms with Crippen molar-refractivity contribution in [3.63, 3.8) is 0 Å². The van der Waals surface area contributed by atoms with E-state index in [-0.39, 0.29) is 24.9 Å². The van der Waals surface area contributed by atoms with Crippen LogP contribution in [0.1, 0.15) is 30.6 Å². The van der Waals surface area contributed by atoms with Crippen LogP contribution in [-0.4, -0.2) is 29.3 Å². The van der Waals surface area contributed by atoms with Gasteiger partial charge in [-0.05, 0) is 43.7 Å². The van der Waals surface area contributed by atoms with Crippen LogP contribution < -0.4 is 11.4 Å². The Morgan fingerprint density at radius 3 is 2.54 bits per heavy atom. The van der Waals surface area contributed by atoms with E-state index in [1.54, 1.807) is 47.4 Å². The lowest BCUT2D eigenvalue weighted by atomic mass is 10.0. The van der Waals surface area contributed by atoms with Gasteiger partial charge in [0.15, 0.2) is 0 Å². The highest BCUT2D eigenvalue weighted by Crippen LogP contribution is 2.22. The predicted molar refractivity (Wildman–Crippen MR) is 108 cm³/mol. The fourth-order valence-electron chi connectivity index (χ4n) is 3.07. The second kappa shape index (κ2) is 8.08. The number of amides is 2. The van der Waals surface area contributed by atoms with E-state index in [2.05, 4.69) is 0 Å². The Bertz CT molecular complexity index is 1090. The molecule has 0 radical (unpaired) electrons. The van der Waals surface area contributed by atoms with Crippen LogP contribution in [0.3, 0.4) is 0 Å². The summed E-state index contributed by atoms with van der Waals surface area (Å²) < 4.78 is 5.40. The second-order valence-corrected chi connectivity index (χ2v) is 6.87. The normalized spacial score (nSPS) is 11.0. The zero-order chi connectivity index (χ0) is 20.3. The molecule has 0 atom stereocenters. The van der Waals surface area contributed by atoms with E-state index in [1.165, 1.54) is 0 Å². The smallest absolute Gasteiger partial charge is 0.344 e. The lowest BCUT2D eigenvalue weighted by Gasteiger charge is -2.26. The van der Waals surface area contributed by atoms with Gasteiger partial charge in [-0.1, -0.05) is 30.3 Å². The van der Waals surface area contributed by atoms with Crippen molar-refractivity contribution in [2.75, 3.05) is 6.54 Å². The minimum atomic E-state index is -0.460. The number of para-hydroxylation sites is 1. The molecule has 0 fully saturated rings. The Labute approximate surface area is 162 Å². The molecular formula is C22H22N2O4. The summed E-state index contributed by atoms with van der Waals surface area (Å²) in [5.74, 6) is -0.677. The summed E-state index contributed by atoms with van der Waals surface area (Å²) in [6, 6.07) is 15.8. The predicted octanol–water partition coefficient (Wildman–Crippen LogP) is 3.19. The van der Waals surface area contributed by atoms with Crippen LogP contribution in [0.5, 0.6) is 0 Å². The molecule has 3 rings (SSSR count). The lowest BCUT2D eigenvalue weighted by molar-refractivity contribution is -0.118. The van der Waals surface area contributed by atoms with Crippen LogP contribution in [-0.2, 0) is 4.79 Å². The van der Waals surface area contributed by atoms with E-state index in [1.807, 2.05) is 26.0 Å². The van der Waals surface area contributed by atoms with Gasteiger partial charge in [0.05, 0.1) is 5.56 Å². The van der Waals surface area contributed by atoms with E-state index in [9.17, 15) is 14.4 Å². The number of benzene rings is 2. The number of hydrogen-bond donors (Lipinski definition) is 1. The maximum atomic E-state index is 13.0. The molecule has 0 saturated heterocycles. The van der Waals surface area contributed by atoms with Gasteiger partial charge in [0, 0.05) is 30.0 Å². The molecule has 28 heavy (non-hydrogen) atoms. The van der Waals surface area contributed by atoms with E-state index < -0.39 is 11.5 Å². The highest BCUT2D eigenvalue weighted by molar-refractivity contribution is 5.96. The van der Waals surface area contributed by atoms with Gasteiger partial charge in [-0.25, -0.2) is 4.79 Å². The molecule has 1 aromatic heterocycles. The molecule has 2 N–H and O–H groups in total. The van der Waals surface area contributed by atoms with Crippen LogP contribution >= 0.6 is 0 Å². The van der Waals surface area contributed by atoms with Crippen molar-refractivity contribution in [3.8, 4) is 11.1 Å². The third kappa shape index (κ3) is 4.11. The van der Waals surface area contributed by atoms with Crippen LogP contribution in [0.2, 0.25) is 0 Å². The van der Waals surface area contributed by atoms with E-state index in [0.717, 1.165) is 5.39 Å². The highest BCUT2D eigenvalue weighted by atomic mass is 16.4. The maximum Gasteiger partial charge on any atom is 0.344 e. The largest absolute Gasteiger partial charge is 0.422 e. The molecule has 144 valence electrons. The maximum absolute atomic E-state index is 13.0. The first-order valence-electron chi connectivity index (χ1n) is 9.09. The molecule has 0 aliphatic rings. The van der Waals surface area contributed by atoms with Gasteiger partial charge in [-0.2, -0.15) is 0 Å². The zero-order valence-electron chi connectivity index (χ0n) is 15.8.